The lowest BCUT2D eigenvalue weighted by molar-refractivity contribution is 0.00578. The van der Waals surface area contributed by atoms with Gasteiger partial charge < -0.3 is 23.2 Å². The monoisotopic (exact) mass is 545 g/mol. The van der Waals surface area contributed by atoms with Crippen molar-refractivity contribution >= 4 is 57.7 Å². The highest BCUT2D eigenvalue weighted by Crippen LogP contribution is 2.39. The van der Waals surface area contributed by atoms with Crippen molar-refractivity contribution in [2.24, 2.45) is 0 Å². The molecule has 2 saturated heterocycles. The molecule has 0 saturated carbocycles. The van der Waals surface area contributed by atoms with Gasteiger partial charge in [-0.25, -0.2) is 0 Å². The molecule has 0 aliphatic carbocycles. The lowest BCUT2D eigenvalue weighted by Gasteiger charge is -2.32. The first kappa shape index (κ1) is 26.8. The number of fused-ring (bicyclic) bond motifs is 4. The zero-order chi connectivity index (χ0) is 28.9. The average molecular weight is 545 g/mol. The van der Waals surface area contributed by atoms with Crippen molar-refractivity contribution in [1.82, 2.24) is 4.57 Å². The smallest absolute Gasteiger partial charge is 0.399 e. The minimum atomic E-state index is -0.441. The van der Waals surface area contributed by atoms with Gasteiger partial charge in [0.05, 0.1) is 39.1 Å². The third-order valence-electron chi connectivity index (χ3n) is 9.87. The summed E-state index contributed by atoms with van der Waals surface area (Å²) in [5.74, 6) is 0. The fraction of sp³-hybridized carbons (Fsp3) is 0.353. The van der Waals surface area contributed by atoms with Crippen molar-refractivity contribution < 1.29 is 18.6 Å². The molecule has 0 unspecified atom stereocenters. The van der Waals surface area contributed by atoms with Crippen LogP contribution in [0.5, 0.6) is 0 Å². The first-order chi connectivity index (χ1) is 19.3. The molecule has 208 valence electrons. The van der Waals surface area contributed by atoms with Crippen LogP contribution in [0.1, 0.15) is 55.4 Å². The van der Waals surface area contributed by atoms with Crippen molar-refractivity contribution in [2.45, 2.75) is 77.8 Å². The maximum Gasteiger partial charge on any atom is 0.494 e. The molecule has 5 aromatic rings. The van der Waals surface area contributed by atoms with E-state index in [9.17, 15) is 0 Å². The van der Waals surface area contributed by atoms with Gasteiger partial charge in [-0.3, -0.25) is 0 Å². The van der Waals surface area contributed by atoms with E-state index in [1.54, 1.807) is 0 Å². The number of nitrogens with zero attached hydrogens (tertiary/aromatic N) is 1. The second kappa shape index (κ2) is 8.71. The summed E-state index contributed by atoms with van der Waals surface area (Å²) in [4.78, 5) is 0. The van der Waals surface area contributed by atoms with Crippen LogP contribution in [0, 0.1) is 0 Å². The van der Waals surface area contributed by atoms with Crippen LogP contribution in [0.2, 0.25) is 0 Å². The number of rotatable bonds is 3. The van der Waals surface area contributed by atoms with E-state index < -0.39 is 36.6 Å². The van der Waals surface area contributed by atoms with E-state index in [4.69, 9.17) is 18.6 Å². The van der Waals surface area contributed by atoms with Gasteiger partial charge in [0, 0.05) is 16.2 Å². The molecule has 0 N–H and O–H groups in total. The van der Waals surface area contributed by atoms with Crippen molar-refractivity contribution in [3.63, 3.8) is 0 Å². The number of hydrogen-bond donors (Lipinski definition) is 0. The molecule has 5 nitrogen and oxygen atoms in total. The number of benzene rings is 4. The molecular formula is C34H37B2NO4. The zero-order valence-electron chi connectivity index (χ0n) is 25.2. The Morgan fingerprint density at radius 1 is 0.488 bits per heavy atom. The minimum absolute atomic E-state index is 0.410. The van der Waals surface area contributed by atoms with Crippen LogP contribution in [-0.2, 0) is 18.6 Å². The second-order valence-corrected chi connectivity index (χ2v) is 13.6. The lowest BCUT2D eigenvalue weighted by atomic mass is 9.78. The van der Waals surface area contributed by atoms with Crippen LogP contribution < -0.4 is 10.9 Å². The summed E-state index contributed by atoms with van der Waals surface area (Å²) in [7, 11) is -0.882. The van der Waals surface area contributed by atoms with Crippen LogP contribution in [0.25, 0.3) is 38.3 Å². The van der Waals surface area contributed by atoms with Crippen molar-refractivity contribution in [1.29, 1.82) is 0 Å². The molecule has 2 aliphatic heterocycles. The van der Waals surface area contributed by atoms with Crippen LogP contribution in [0.3, 0.4) is 0 Å². The molecule has 1 aromatic heterocycles. The van der Waals surface area contributed by atoms with Gasteiger partial charge in [-0.1, -0.05) is 60.7 Å². The minimum Gasteiger partial charge on any atom is -0.399 e. The van der Waals surface area contributed by atoms with Gasteiger partial charge in [-0.2, -0.15) is 0 Å². The third kappa shape index (κ3) is 4.01. The fourth-order valence-corrected chi connectivity index (χ4v) is 5.97. The summed E-state index contributed by atoms with van der Waals surface area (Å²) in [6.45, 7) is 16.7. The van der Waals surface area contributed by atoms with Crippen molar-refractivity contribution in [3.05, 3.63) is 78.9 Å². The number of hydrogen-bond acceptors (Lipinski definition) is 4. The van der Waals surface area contributed by atoms with Gasteiger partial charge in [-0.05, 0) is 89.9 Å². The van der Waals surface area contributed by atoms with Gasteiger partial charge in [0.1, 0.15) is 0 Å². The van der Waals surface area contributed by atoms with Crippen LogP contribution in [0.15, 0.2) is 78.9 Å². The normalized spacial score (nSPS) is 21.0. The standard InChI is InChI=1S/C34H37B2NO4/c1-31(2)32(3,4)39-35(38-31)23-16-18-26-27-19-17-24(36-40-33(5,6)34(7,8)41-36)21-30(27)37(29(26)20-23)28-15-11-13-22-12-9-10-14-25(22)28/h9-21H,1-8H3. The topological polar surface area (TPSA) is 41.9 Å². The number of aromatic nitrogens is 1. The van der Waals surface area contributed by atoms with Crippen molar-refractivity contribution in [3.8, 4) is 5.69 Å². The van der Waals surface area contributed by atoms with Crippen LogP contribution >= 0.6 is 0 Å². The Bertz CT molecular complexity index is 1710. The highest BCUT2D eigenvalue weighted by atomic mass is 16.7. The predicted molar refractivity (Wildman–Crippen MR) is 170 cm³/mol. The predicted octanol–water partition coefficient (Wildman–Crippen LogP) is 6.54. The lowest BCUT2D eigenvalue weighted by Crippen LogP contribution is -2.41. The molecule has 7 heteroatoms. The molecule has 0 spiro atoms. The van der Waals surface area contributed by atoms with E-state index >= 15 is 0 Å². The van der Waals surface area contributed by atoms with E-state index in [-0.39, 0.29) is 0 Å². The molecule has 2 fully saturated rings. The van der Waals surface area contributed by atoms with Gasteiger partial charge >= 0.3 is 14.2 Å². The first-order valence-electron chi connectivity index (χ1n) is 14.6. The maximum absolute atomic E-state index is 6.45. The van der Waals surface area contributed by atoms with E-state index in [0.29, 0.717) is 0 Å². The van der Waals surface area contributed by atoms with E-state index in [2.05, 4.69) is 139 Å². The summed E-state index contributed by atoms with van der Waals surface area (Å²) in [5.41, 5.74) is 3.71. The van der Waals surface area contributed by atoms with Gasteiger partial charge in [0.15, 0.2) is 0 Å². The summed E-state index contributed by atoms with van der Waals surface area (Å²) in [6, 6.07) is 28.2. The summed E-state index contributed by atoms with van der Waals surface area (Å²) in [5, 5.41) is 4.74. The van der Waals surface area contributed by atoms with E-state index in [1.807, 2.05) is 0 Å². The molecule has 0 amide bonds. The maximum atomic E-state index is 6.45. The molecular weight excluding hydrogens is 508 g/mol. The zero-order valence-corrected chi connectivity index (χ0v) is 25.2. The second-order valence-electron chi connectivity index (χ2n) is 13.6. The Morgan fingerprint density at radius 3 is 1.41 bits per heavy atom. The van der Waals surface area contributed by atoms with Gasteiger partial charge in [-0.15, -0.1) is 0 Å². The molecule has 2 aliphatic rings. The van der Waals surface area contributed by atoms with E-state index in [0.717, 1.165) is 27.6 Å². The molecule has 0 bridgehead atoms. The van der Waals surface area contributed by atoms with Gasteiger partial charge in [0.2, 0.25) is 0 Å². The summed E-state index contributed by atoms with van der Waals surface area (Å²) < 4.78 is 28.2. The molecule has 7 rings (SSSR count). The largest absolute Gasteiger partial charge is 0.494 e. The SMILES string of the molecule is CC1(C)OB(c2ccc3c4ccc(B5OC(C)(C)C(C)(C)O5)cc4n(-c4cccc5ccccc45)c3c2)OC1(C)C. The Morgan fingerprint density at radius 2 is 0.927 bits per heavy atom. The van der Waals surface area contributed by atoms with Crippen LogP contribution in [-0.4, -0.2) is 41.2 Å². The summed E-state index contributed by atoms with van der Waals surface area (Å²) in [6.07, 6.45) is 0. The van der Waals surface area contributed by atoms with E-state index in [1.165, 1.54) is 21.5 Å². The molecule has 3 heterocycles. The highest BCUT2D eigenvalue weighted by molar-refractivity contribution is 6.63. The van der Waals surface area contributed by atoms with Crippen molar-refractivity contribution in [2.75, 3.05) is 0 Å². The Balaban J connectivity index is 1.47. The molecule has 0 radical (unpaired) electrons. The quantitative estimate of drug-likeness (QED) is 0.242. The first-order valence-corrected chi connectivity index (χ1v) is 14.6. The van der Waals surface area contributed by atoms with Crippen LogP contribution in [0.4, 0.5) is 0 Å². The fourth-order valence-electron chi connectivity index (χ4n) is 5.97. The highest BCUT2D eigenvalue weighted by Gasteiger charge is 2.53. The third-order valence-corrected chi connectivity index (χ3v) is 9.87. The Hall–Kier alpha value is -3.09. The molecule has 41 heavy (non-hydrogen) atoms. The average Bonchev–Trinajstić information content (AvgIpc) is 3.44. The Labute approximate surface area is 243 Å². The Kier molecular flexibility index (Phi) is 5.69. The molecule has 4 aromatic carbocycles. The summed E-state index contributed by atoms with van der Waals surface area (Å²) >= 11 is 0. The van der Waals surface area contributed by atoms with Gasteiger partial charge in [0.25, 0.3) is 0 Å². The molecule has 0 atom stereocenters.